The zero-order valence-corrected chi connectivity index (χ0v) is 15.3. The van der Waals surface area contributed by atoms with Gasteiger partial charge in [-0.15, -0.1) is 11.3 Å². The molecule has 0 aromatic carbocycles. The van der Waals surface area contributed by atoms with E-state index in [1.54, 1.807) is 11.3 Å². The van der Waals surface area contributed by atoms with E-state index in [-0.39, 0.29) is 6.09 Å². The quantitative estimate of drug-likeness (QED) is 0.840. The highest BCUT2D eigenvalue weighted by atomic mass is 32.1. The zero-order valence-electron chi connectivity index (χ0n) is 14.4. The van der Waals surface area contributed by atoms with Gasteiger partial charge in [0.15, 0.2) is 0 Å². The SMILES string of the molecule is CCOC(=O)N1CCC2(CC(N3CCC(c4nccs4)CC3)C2)C1. The number of carbonyl (C=O) groups excluding carboxylic acids is 1. The molecule has 0 radical (unpaired) electrons. The van der Waals surface area contributed by atoms with Crippen LogP contribution in [0.4, 0.5) is 4.79 Å². The monoisotopic (exact) mass is 349 g/mol. The van der Waals surface area contributed by atoms with Crippen molar-refractivity contribution in [2.24, 2.45) is 5.41 Å². The smallest absolute Gasteiger partial charge is 0.409 e. The minimum absolute atomic E-state index is 0.123. The Bertz CT molecular complexity index is 563. The number of carbonyl (C=O) groups is 1. The van der Waals surface area contributed by atoms with Crippen molar-refractivity contribution in [2.75, 3.05) is 32.8 Å². The fourth-order valence-corrected chi connectivity index (χ4v) is 5.60. The number of nitrogens with zero attached hydrogens (tertiary/aromatic N) is 3. The van der Waals surface area contributed by atoms with Crippen LogP contribution in [0.1, 0.15) is 50.0 Å². The van der Waals surface area contributed by atoms with Crippen molar-refractivity contribution < 1.29 is 9.53 Å². The van der Waals surface area contributed by atoms with Crippen LogP contribution >= 0.6 is 11.3 Å². The van der Waals surface area contributed by atoms with Gasteiger partial charge in [0, 0.05) is 36.6 Å². The van der Waals surface area contributed by atoms with E-state index in [1.807, 2.05) is 18.0 Å². The second-order valence-corrected chi connectivity index (χ2v) is 8.54. The number of amides is 1. The predicted molar refractivity (Wildman–Crippen MR) is 94.3 cm³/mol. The molecule has 0 bridgehead atoms. The Morgan fingerprint density at radius 2 is 2.17 bits per heavy atom. The van der Waals surface area contributed by atoms with Gasteiger partial charge in [-0.3, -0.25) is 0 Å². The Hall–Kier alpha value is -1.14. The molecule has 1 spiro atoms. The predicted octanol–water partition coefficient (Wildman–Crippen LogP) is 3.33. The molecule has 4 rings (SSSR count). The molecule has 0 N–H and O–H groups in total. The topological polar surface area (TPSA) is 45.7 Å². The van der Waals surface area contributed by atoms with Gasteiger partial charge in [-0.1, -0.05) is 0 Å². The van der Waals surface area contributed by atoms with Crippen molar-refractivity contribution in [3.05, 3.63) is 16.6 Å². The lowest BCUT2D eigenvalue weighted by molar-refractivity contribution is -0.00472. The maximum Gasteiger partial charge on any atom is 0.409 e. The normalized spacial score (nSPS) is 31.4. The highest BCUT2D eigenvalue weighted by molar-refractivity contribution is 7.09. The number of rotatable bonds is 3. The van der Waals surface area contributed by atoms with Crippen molar-refractivity contribution in [1.29, 1.82) is 0 Å². The lowest BCUT2D eigenvalue weighted by Crippen LogP contribution is -2.54. The molecule has 1 amide bonds. The van der Waals surface area contributed by atoms with Gasteiger partial charge in [0.2, 0.25) is 0 Å². The molecule has 1 aliphatic carbocycles. The molecule has 132 valence electrons. The molecule has 2 saturated heterocycles. The number of thiazole rings is 1. The second kappa shape index (κ2) is 6.64. The van der Waals surface area contributed by atoms with Gasteiger partial charge in [-0.2, -0.15) is 0 Å². The zero-order chi connectivity index (χ0) is 16.6. The van der Waals surface area contributed by atoms with E-state index < -0.39 is 0 Å². The summed E-state index contributed by atoms with van der Waals surface area (Å²) in [7, 11) is 0. The van der Waals surface area contributed by atoms with Gasteiger partial charge in [-0.05, 0) is 57.5 Å². The van der Waals surface area contributed by atoms with Gasteiger partial charge >= 0.3 is 6.09 Å². The molecule has 3 fully saturated rings. The summed E-state index contributed by atoms with van der Waals surface area (Å²) in [4.78, 5) is 21.0. The van der Waals surface area contributed by atoms with Gasteiger partial charge < -0.3 is 14.5 Å². The Morgan fingerprint density at radius 1 is 1.38 bits per heavy atom. The maximum absolute atomic E-state index is 11.9. The van der Waals surface area contributed by atoms with Crippen LogP contribution in [-0.2, 0) is 4.74 Å². The third-order valence-corrected chi connectivity index (χ3v) is 7.09. The molecule has 3 aliphatic rings. The molecule has 1 saturated carbocycles. The molecular weight excluding hydrogens is 322 g/mol. The molecule has 3 heterocycles. The minimum atomic E-state index is -0.123. The summed E-state index contributed by atoms with van der Waals surface area (Å²) in [6.45, 7) is 6.52. The summed E-state index contributed by atoms with van der Waals surface area (Å²) >= 11 is 1.80. The summed E-state index contributed by atoms with van der Waals surface area (Å²) in [5.41, 5.74) is 0.379. The second-order valence-electron chi connectivity index (χ2n) is 7.61. The molecule has 0 atom stereocenters. The van der Waals surface area contributed by atoms with Crippen LogP contribution in [0.2, 0.25) is 0 Å². The first-order chi connectivity index (χ1) is 11.7. The van der Waals surface area contributed by atoms with Crippen LogP contribution in [0.15, 0.2) is 11.6 Å². The molecule has 2 aliphatic heterocycles. The van der Waals surface area contributed by atoms with Crippen LogP contribution < -0.4 is 0 Å². The first kappa shape index (κ1) is 16.3. The highest BCUT2D eigenvalue weighted by Gasteiger charge is 2.51. The van der Waals surface area contributed by atoms with E-state index in [0.717, 1.165) is 25.6 Å². The van der Waals surface area contributed by atoms with Crippen LogP contribution in [-0.4, -0.2) is 59.7 Å². The van der Waals surface area contributed by atoms with E-state index in [0.29, 0.717) is 17.9 Å². The Balaban J connectivity index is 1.24. The van der Waals surface area contributed by atoms with Crippen molar-refractivity contribution in [1.82, 2.24) is 14.8 Å². The third-order valence-electron chi connectivity index (χ3n) is 6.15. The molecule has 5 nitrogen and oxygen atoms in total. The molecule has 1 aromatic rings. The number of likely N-dealkylation sites (tertiary alicyclic amines) is 2. The summed E-state index contributed by atoms with van der Waals surface area (Å²) in [5, 5.41) is 3.41. The van der Waals surface area contributed by atoms with Crippen molar-refractivity contribution in [2.45, 2.75) is 51.0 Å². The first-order valence-electron chi connectivity index (χ1n) is 9.24. The Labute approximate surface area is 148 Å². The molecule has 6 heteroatoms. The molecule has 0 unspecified atom stereocenters. The highest BCUT2D eigenvalue weighted by Crippen LogP contribution is 2.51. The Morgan fingerprint density at radius 3 is 2.83 bits per heavy atom. The number of hydrogen-bond acceptors (Lipinski definition) is 5. The van der Waals surface area contributed by atoms with Crippen molar-refractivity contribution >= 4 is 17.4 Å². The summed E-state index contributed by atoms with van der Waals surface area (Å²) < 4.78 is 5.15. The standard InChI is InChI=1S/C18H27N3O2S/c1-2-23-17(22)21-9-5-18(13-21)11-15(12-18)20-7-3-14(4-8-20)16-19-6-10-24-16/h6,10,14-15H,2-5,7-9,11-13H2,1H3. The number of ether oxygens (including phenoxy) is 1. The van der Waals surface area contributed by atoms with Gasteiger partial charge in [-0.25, -0.2) is 9.78 Å². The summed E-state index contributed by atoms with van der Waals surface area (Å²) in [6.07, 6.45) is 7.95. The van der Waals surface area contributed by atoms with E-state index in [2.05, 4.69) is 15.3 Å². The van der Waals surface area contributed by atoms with Crippen LogP contribution in [0, 0.1) is 5.41 Å². The lowest BCUT2D eigenvalue weighted by Gasteiger charge is -2.51. The first-order valence-corrected chi connectivity index (χ1v) is 10.1. The average Bonchev–Trinajstić information content (AvgIpc) is 3.24. The number of hydrogen-bond donors (Lipinski definition) is 0. The van der Waals surface area contributed by atoms with Crippen LogP contribution in [0.5, 0.6) is 0 Å². The minimum Gasteiger partial charge on any atom is -0.450 e. The number of aromatic nitrogens is 1. The van der Waals surface area contributed by atoms with Crippen LogP contribution in [0.25, 0.3) is 0 Å². The van der Waals surface area contributed by atoms with E-state index >= 15 is 0 Å². The van der Waals surface area contributed by atoms with Crippen molar-refractivity contribution in [3.63, 3.8) is 0 Å². The summed E-state index contributed by atoms with van der Waals surface area (Å²) in [5.74, 6) is 0.668. The molecular formula is C18H27N3O2S. The fourth-order valence-electron chi connectivity index (χ4n) is 4.78. The maximum atomic E-state index is 11.9. The molecule has 1 aromatic heterocycles. The fraction of sp³-hybridized carbons (Fsp3) is 0.778. The van der Waals surface area contributed by atoms with Crippen molar-refractivity contribution in [3.8, 4) is 0 Å². The largest absolute Gasteiger partial charge is 0.450 e. The van der Waals surface area contributed by atoms with Gasteiger partial charge in [0.25, 0.3) is 0 Å². The number of piperidine rings is 1. The van der Waals surface area contributed by atoms with E-state index in [4.69, 9.17) is 4.74 Å². The summed E-state index contributed by atoms with van der Waals surface area (Å²) in [6, 6.07) is 0.726. The van der Waals surface area contributed by atoms with Gasteiger partial charge in [0.1, 0.15) is 0 Å². The van der Waals surface area contributed by atoms with E-state index in [1.165, 1.54) is 43.8 Å². The lowest BCUT2D eigenvalue weighted by atomic mass is 9.64. The third kappa shape index (κ3) is 3.06. The van der Waals surface area contributed by atoms with Gasteiger partial charge in [0.05, 0.1) is 11.6 Å². The van der Waals surface area contributed by atoms with Crippen LogP contribution in [0.3, 0.4) is 0 Å². The average molecular weight is 350 g/mol. The van der Waals surface area contributed by atoms with E-state index in [9.17, 15) is 4.79 Å². The Kier molecular flexibility index (Phi) is 4.52. The molecule has 24 heavy (non-hydrogen) atoms.